The first kappa shape index (κ1) is 10.6. The van der Waals surface area contributed by atoms with Crippen molar-refractivity contribution < 1.29 is 9.53 Å². The molecule has 0 bridgehead atoms. The molecular formula is C11H14NO2. The molecule has 0 saturated heterocycles. The molecule has 75 valence electrons. The zero-order valence-corrected chi connectivity index (χ0v) is 8.49. The number of anilines is 1. The number of hydrogen-bond donors (Lipinski definition) is 0. The summed E-state index contributed by atoms with van der Waals surface area (Å²) in [6, 6.07) is 7.13. The van der Waals surface area contributed by atoms with Gasteiger partial charge in [0.1, 0.15) is 0 Å². The van der Waals surface area contributed by atoms with Crippen molar-refractivity contribution in [2.75, 3.05) is 18.6 Å². The van der Waals surface area contributed by atoms with Crippen LogP contribution in [0.4, 0.5) is 5.69 Å². The van der Waals surface area contributed by atoms with E-state index in [-0.39, 0.29) is 5.97 Å². The van der Waals surface area contributed by atoms with Crippen LogP contribution in [0.5, 0.6) is 0 Å². The third kappa shape index (κ3) is 2.49. The molecule has 0 unspecified atom stereocenters. The molecule has 0 fully saturated rings. The Bertz CT molecular complexity index is 304. The lowest BCUT2D eigenvalue weighted by molar-refractivity contribution is 0.0526. The number of carbonyl (C=O) groups is 1. The molecular weight excluding hydrogens is 178 g/mol. The van der Waals surface area contributed by atoms with E-state index in [4.69, 9.17) is 4.74 Å². The lowest BCUT2D eigenvalue weighted by Gasteiger charge is -2.11. The van der Waals surface area contributed by atoms with E-state index in [1.165, 1.54) is 0 Å². The molecule has 1 radical (unpaired) electrons. The molecule has 0 saturated carbocycles. The van der Waals surface area contributed by atoms with E-state index in [1.54, 1.807) is 24.0 Å². The average Bonchev–Trinajstić information content (AvgIpc) is 2.18. The highest BCUT2D eigenvalue weighted by Crippen LogP contribution is 2.13. The average molecular weight is 192 g/mol. The van der Waals surface area contributed by atoms with Crippen LogP contribution in [0.3, 0.4) is 0 Å². The molecule has 0 aliphatic heterocycles. The van der Waals surface area contributed by atoms with Gasteiger partial charge < -0.3 is 9.64 Å². The Hall–Kier alpha value is -1.51. The minimum absolute atomic E-state index is 0.286. The molecule has 0 amide bonds. The van der Waals surface area contributed by atoms with Gasteiger partial charge in [0.25, 0.3) is 0 Å². The maximum atomic E-state index is 11.3. The van der Waals surface area contributed by atoms with Crippen molar-refractivity contribution >= 4 is 11.7 Å². The second kappa shape index (κ2) is 4.65. The Labute approximate surface area is 84.3 Å². The van der Waals surface area contributed by atoms with Crippen LogP contribution in [0.15, 0.2) is 24.3 Å². The molecule has 14 heavy (non-hydrogen) atoms. The molecule has 0 N–H and O–H groups in total. The summed E-state index contributed by atoms with van der Waals surface area (Å²) in [5, 5.41) is 0. The third-order valence-electron chi connectivity index (χ3n) is 1.82. The van der Waals surface area contributed by atoms with Gasteiger partial charge in [-0.15, -0.1) is 0 Å². The van der Waals surface area contributed by atoms with Crippen molar-refractivity contribution in [2.45, 2.75) is 6.92 Å². The topological polar surface area (TPSA) is 29.5 Å². The van der Waals surface area contributed by atoms with Gasteiger partial charge >= 0.3 is 5.97 Å². The molecule has 0 heterocycles. The van der Waals surface area contributed by atoms with E-state index in [2.05, 4.69) is 7.05 Å². The van der Waals surface area contributed by atoms with Crippen LogP contribution >= 0.6 is 0 Å². The Morgan fingerprint density at radius 1 is 1.43 bits per heavy atom. The fraction of sp³-hybridized carbons (Fsp3) is 0.273. The molecule has 0 aliphatic carbocycles. The molecule has 0 aliphatic rings. The van der Waals surface area contributed by atoms with Crippen molar-refractivity contribution in [3.63, 3.8) is 0 Å². The number of rotatable bonds is 3. The maximum Gasteiger partial charge on any atom is 0.338 e. The Morgan fingerprint density at radius 2 is 2.00 bits per heavy atom. The molecule has 0 atom stereocenters. The van der Waals surface area contributed by atoms with E-state index in [0.29, 0.717) is 12.2 Å². The van der Waals surface area contributed by atoms with Crippen molar-refractivity contribution in [1.29, 1.82) is 0 Å². The molecule has 0 spiro atoms. The molecule has 3 heteroatoms. The van der Waals surface area contributed by atoms with Crippen LogP contribution in [0.1, 0.15) is 17.3 Å². The van der Waals surface area contributed by atoms with Crippen LogP contribution in [0, 0.1) is 7.05 Å². The normalized spacial score (nSPS) is 9.64. The van der Waals surface area contributed by atoms with Gasteiger partial charge in [-0.1, -0.05) is 0 Å². The summed E-state index contributed by atoms with van der Waals surface area (Å²) in [4.78, 5) is 13.0. The van der Waals surface area contributed by atoms with Crippen molar-refractivity contribution in [1.82, 2.24) is 0 Å². The van der Waals surface area contributed by atoms with Crippen LogP contribution in [0.25, 0.3) is 0 Å². The summed E-state index contributed by atoms with van der Waals surface area (Å²) in [7, 11) is 5.58. The van der Waals surface area contributed by atoms with Gasteiger partial charge in [-0.25, -0.2) is 4.79 Å². The zero-order chi connectivity index (χ0) is 10.6. The number of esters is 1. The second-order valence-electron chi connectivity index (χ2n) is 2.97. The van der Waals surface area contributed by atoms with Crippen LogP contribution in [-0.2, 0) is 4.74 Å². The van der Waals surface area contributed by atoms with Crippen LogP contribution in [0.2, 0.25) is 0 Å². The van der Waals surface area contributed by atoms with Gasteiger partial charge in [0.05, 0.1) is 12.2 Å². The van der Waals surface area contributed by atoms with Gasteiger partial charge in [-0.3, -0.25) is 0 Å². The van der Waals surface area contributed by atoms with E-state index in [0.717, 1.165) is 5.69 Å². The lowest BCUT2D eigenvalue weighted by Crippen LogP contribution is -2.07. The zero-order valence-electron chi connectivity index (χ0n) is 8.49. The largest absolute Gasteiger partial charge is 0.462 e. The first-order chi connectivity index (χ1) is 6.65. The monoisotopic (exact) mass is 192 g/mol. The fourth-order valence-corrected chi connectivity index (χ4v) is 1.07. The lowest BCUT2D eigenvalue weighted by atomic mass is 10.2. The van der Waals surface area contributed by atoms with E-state index in [9.17, 15) is 4.79 Å². The quantitative estimate of drug-likeness (QED) is 0.687. The molecule has 1 rings (SSSR count). The predicted molar refractivity (Wildman–Crippen MR) is 56.2 cm³/mol. The second-order valence-corrected chi connectivity index (χ2v) is 2.97. The Balaban J connectivity index is 2.78. The Kier molecular flexibility index (Phi) is 3.51. The van der Waals surface area contributed by atoms with Gasteiger partial charge in [0.15, 0.2) is 0 Å². The molecule has 1 aromatic carbocycles. The number of hydrogen-bond acceptors (Lipinski definition) is 3. The minimum atomic E-state index is -0.286. The van der Waals surface area contributed by atoms with Crippen molar-refractivity contribution in [3.05, 3.63) is 36.9 Å². The highest BCUT2D eigenvalue weighted by Gasteiger charge is 2.05. The summed E-state index contributed by atoms with van der Waals surface area (Å²) in [5.41, 5.74) is 1.52. The van der Waals surface area contributed by atoms with Crippen LogP contribution < -0.4 is 4.90 Å². The molecule has 0 aromatic heterocycles. The van der Waals surface area contributed by atoms with Gasteiger partial charge in [-0.2, -0.15) is 0 Å². The fourth-order valence-electron chi connectivity index (χ4n) is 1.07. The van der Waals surface area contributed by atoms with Gasteiger partial charge in [0.2, 0.25) is 0 Å². The number of ether oxygens (including phenoxy) is 1. The number of carbonyl (C=O) groups excluding carboxylic acids is 1. The SMILES string of the molecule is [CH2]N(C)c1ccc(C(=O)OCC)cc1. The number of nitrogens with zero attached hydrogens (tertiary/aromatic N) is 1. The van der Waals surface area contributed by atoms with E-state index < -0.39 is 0 Å². The first-order valence-electron chi connectivity index (χ1n) is 4.46. The maximum absolute atomic E-state index is 11.3. The highest BCUT2D eigenvalue weighted by atomic mass is 16.5. The highest BCUT2D eigenvalue weighted by molar-refractivity contribution is 5.89. The number of benzene rings is 1. The van der Waals surface area contributed by atoms with Crippen LogP contribution in [-0.4, -0.2) is 19.6 Å². The molecule has 3 nitrogen and oxygen atoms in total. The Morgan fingerprint density at radius 3 is 2.43 bits per heavy atom. The summed E-state index contributed by atoms with van der Waals surface area (Å²) in [6.07, 6.45) is 0. The van der Waals surface area contributed by atoms with Gasteiger partial charge in [0, 0.05) is 19.8 Å². The minimum Gasteiger partial charge on any atom is -0.462 e. The first-order valence-corrected chi connectivity index (χ1v) is 4.46. The molecule has 1 aromatic rings. The smallest absolute Gasteiger partial charge is 0.338 e. The van der Waals surface area contributed by atoms with Crippen molar-refractivity contribution in [2.24, 2.45) is 0 Å². The third-order valence-corrected chi connectivity index (χ3v) is 1.82. The van der Waals surface area contributed by atoms with Crippen molar-refractivity contribution in [3.8, 4) is 0 Å². The van der Waals surface area contributed by atoms with Gasteiger partial charge in [-0.05, 0) is 31.2 Å². The predicted octanol–water partition coefficient (Wildman–Crippen LogP) is 2.09. The summed E-state index contributed by atoms with van der Waals surface area (Å²) in [6.45, 7) is 2.19. The summed E-state index contributed by atoms with van der Waals surface area (Å²) in [5.74, 6) is -0.286. The van der Waals surface area contributed by atoms with E-state index in [1.807, 2.05) is 19.2 Å². The standard InChI is InChI=1S/C11H14NO2/c1-4-14-11(13)9-5-7-10(8-6-9)12(2)3/h5-8H,2,4H2,1,3H3. The summed E-state index contributed by atoms with van der Waals surface area (Å²) < 4.78 is 4.86. The summed E-state index contributed by atoms with van der Waals surface area (Å²) >= 11 is 0. The van der Waals surface area contributed by atoms with E-state index >= 15 is 0 Å².